The van der Waals surface area contributed by atoms with Crippen molar-refractivity contribution in [2.24, 2.45) is 5.92 Å². The van der Waals surface area contributed by atoms with E-state index in [9.17, 15) is 29.3 Å². The van der Waals surface area contributed by atoms with E-state index in [2.05, 4.69) is 39.2 Å². The normalized spacial score (nSPS) is 22.2. The first-order valence-corrected chi connectivity index (χ1v) is 18.7. The first kappa shape index (κ1) is 37.7. The molecule has 0 saturated carbocycles. The number of carbonyl (C=O) groups excluding carboxylic acids is 4. The maximum atomic E-state index is 13.8. The van der Waals surface area contributed by atoms with Crippen LogP contribution in [0.4, 0.5) is 20.1 Å². The molecule has 2 aliphatic heterocycles. The van der Waals surface area contributed by atoms with Gasteiger partial charge < -0.3 is 28.9 Å². The van der Waals surface area contributed by atoms with Gasteiger partial charge in [-0.25, -0.2) is 19.3 Å². The van der Waals surface area contributed by atoms with Gasteiger partial charge in [-0.05, 0) is 83.8 Å². The molecule has 4 unspecified atom stereocenters. The van der Waals surface area contributed by atoms with Crippen LogP contribution in [0.3, 0.4) is 0 Å². The highest BCUT2D eigenvalue weighted by atomic mass is 28.4. The van der Waals surface area contributed by atoms with E-state index in [0.717, 1.165) is 4.90 Å². The minimum absolute atomic E-state index is 0.101. The van der Waals surface area contributed by atoms with Crippen LogP contribution in [0, 0.1) is 16.0 Å². The molecule has 0 aliphatic carbocycles. The van der Waals surface area contributed by atoms with Gasteiger partial charge in [-0.15, -0.1) is 0 Å². The zero-order valence-corrected chi connectivity index (χ0v) is 30.4. The predicted molar refractivity (Wildman–Crippen MR) is 175 cm³/mol. The summed E-state index contributed by atoms with van der Waals surface area (Å²) in [7, 11) is -2.28. The van der Waals surface area contributed by atoms with Gasteiger partial charge in [-0.1, -0.05) is 20.8 Å². The fraction of sp³-hybridized carbons (Fsp3) is 0.688. The van der Waals surface area contributed by atoms with Crippen LogP contribution in [0.25, 0.3) is 0 Å². The Kier molecular flexibility index (Phi) is 11.1. The SMILES string of the molecule is CC(C)(C)OC(=O)N1CC(C2CC(O[Si](C)(C)C(C)(C)C)CN2C(=O)OC(C)(C)C)C(NC(=O)OCc2ccc([N+](=O)[O-])cc2)C1=O. The molecule has 0 spiro atoms. The first-order valence-electron chi connectivity index (χ1n) is 15.8. The monoisotopic (exact) mass is 678 g/mol. The van der Waals surface area contributed by atoms with E-state index < -0.39 is 66.6 Å². The van der Waals surface area contributed by atoms with E-state index in [1.807, 2.05) is 0 Å². The smallest absolute Gasteiger partial charge is 0.417 e. The van der Waals surface area contributed by atoms with Crippen LogP contribution in [0.15, 0.2) is 24.3 Å². The Balaban J connectivity index is 1.92. The lowest BCUT2D eigenvalue weighted by atomic mass is 9.92. The molecule has 0 radical (unpaired) electrons. The van der Waals surface area contributed by atoms with Crippen molar-refractivity contribution < 1.29 is 42.7 Å². The van der Waals surface area contributed by atoms with Gasteiger partial charge in [0.2, 0.25) is 0 Å². The van der Waals surface area contributed by atoms with E-state index in [1.165, 1.54) is 29.2 Å². The minimum atomic E-state index is -2.28. The summed E-state index contributed by atoms with van der Waals surface area (Å²) in [5.41, 5.74) is -1.30. The zero-order chi connectivity index (χ0) is 35.7. The molecule has 4 amide bonds. The predicted octanol–water partition coefficient (Wildman–Crippen LogP) is 5.98. The lowest BCUT2D eigenvalue weighted by molar-refractivity contribution is -0.384. The molecule has 0 bridgehead atoms. The highest BCUT2D eigenvalue weighted by molar-refractivity contribution is 6.74. The van der Waals surface area contributed by atoms with E-state index in [0.29, 0.717) is 12.0 Å². The molecule has 1 N–H and O–H groups in total. The number of nitrogens with one attached hydrogen (secondary N) is 1. The number of amides is 4. The first-order chi connectivity index (χ1) is 21.4. The maximum Gasteiger partial charge on any atom is 0.417 e. The number of nitro groups is 1. The van der Waals surface area contributed by atoms with Crippen LogP contribution in [0.5, 0.6) is 0 Å². The molecular weight excluding hydrogens is 628 g/mol. The standard InChI is InChI=1S/C32H50N4O10Si/c1-30(2,3)44-28(39)34-17-22(46-47(10,11)32(7,8)9)16-24(34)23-18-35(29(40)45-31(4,5)6)26(37)25(23)33-27(38)43-19-20-12-14-21(15-13-20)36(41)42/h12-15,22-25H,16-19H2,1-11H3,(H,33,38). The summed E-state index contributed by atoms with van der Waals surface area (Å²) in [4.78, 5) is 66.5. The number of hydrogen-bond acceptors (Lipinski definition) is 10. The number of ether oxygens (including phenoxy) is 3. The van der Waals surface area contributed by atoms with Gasteiger partial charge in [0, 0.05) is 37.2 Å². The van der Waals surface area contributed by atoms with Gasteiger partial charge in [0.25, 0.3) is 11.6 Å². The highest BCUT2D eigenvalue weighted by Gasteiger charge is 2.54. The molecule has 2 aliphatic rings. The van der Waals surface area contributed by atoms with Gasteiger partial charge in [-0.2, -0.15) is 0 Å². The summed E-state index contributed by atoms with van der Waals surface area (Å²) >= 11 is 0. The maximum absolute atomic E-state index is 13.8. The summed E-state index contributed by atoms with van der Waals surface area (Å²) < 4.78 is 23.3. The van der Waals surface area contributed by atoms with Crippen LogP contribution in [0.2, 0.25) is 18.1 Å². The molecule has 2 saturated heterocycles. The number of benzene rings is 1. The van der Waals surface area contributed by atoms with Crippen molar-refractivity contribution in [1.82, 2.24) is 15.1 Å². The van der Waals surface area contributed by atoms with Crippen molar-refractivity contribution in [3.63, 3.8) is 0 Å². The second-order valence-electron chi connectivity index (χ2n) is 15.7. The van der Waals surface area contributed by atoms with Crippen LogP contribution >= 0.6 is 0 Å². The Labute approximate surface area is 277 Å². The van der Waals surface area contributed by atoms with Crippen LogP contribution < -0.4 is 5.32 Å². The Morgan fingerprint density at radius 1 is 0.936 bits per heavy atom. The number of hydrogen-bond donors (Lipinski definition) is 1. The Morgan fingerprint density at radius 3 is 2.00 bits per heavy atom. The number of likely N-dealkylation sites (tertiary alicyclic amines) is 2. The van der Waals surface area contributed by atoms with Gasteiger partial charge >= 0.3 is 18.3 Å². The fourth-order valence-corrected chi connectivity index (χ4v) is 6.58. The van der Waals surface area contributed by atoms with Gasteiger partial charge in [-0.3, -0.25) is 14.9 Å². The summed E-state index contributed by atoms with van der Waals surface area (Å²) in [6.07, 6.45) is -2.41. The third-order valence-electron chi connectivity index (χ3n) is 8.45. The van der Waals surface area contributed by atoms with E-state index in [1.54, 1.807) is 41.5 Å². The summed E-state index contributed by atoms with van der Waals surface area (Å²) in [6, 6.07) is 3.61. The van der Waals surface area contributed by atoms with Crippen molar-refractivity contribution >= 4 is 38.2 Å². The van der Waals surface area contributed by atoms with Crippen LogP contribution in [-0.2, 0) is 30.0 Å². The van der Waals surface area contributed by atoms with Gasteiger partial charge in [0.15, 0.2) is 8.32 Å². The molecule has 3 rings (SSSR count). The van der Waals surface area contributed by atoms with Crippen molar-refractivity contribution in [1.29, 1.82) is 0 Å². The number of carbonyl (C=O) groups is 4. The molecule has 1 aromatic carbocycles. The van der Waals surface area contributed by atoms with Gasteiger partial charge in [0.1, 0.15) is 23.9 Å². The number of nitro benzene ring substituents is 1. The fourth-order valence-electron chi connectivity index (χ4n) is 5.22. The lowest BCUT2D eigenvalue weighted by Gasteiger charge is -2.38. The quantitative estimate of drug-likeness (QED) is 0.157. The van der Waals surface area contributed by atoms with Crippen molar-refractivity contribution in [2.75, 3.05) is 13.1 Å². The highest BCUT2D eigenvalue weighted by Crippen LogP contribution is 2.41. The largest absolute Gasteiger partial charge is 0.445 e. The average Bonchev–Trinajstić information content (AvgIpc) is 3.45. The number of imide groups is 1. The molecular formula is C32H50N4O10Si. The number of non-ortho nitro benzene ring substituents is 1. The second-order valence-corrected chi connectivity index (χ2v) is 20.4. The van der Waals surface area contributed by atoms with E-state index in [4.69, 9.17) is 18.6 Å². The third-order valence-corrected chi connectivity index (χ3v) is 13.0. The molecule has 262 valence electrons. The summed E-state index contributed by atoms with van der Waals surface area (Å²) in [5.74, 6) is -1.45. The lowest BCUT2D eigenvalue weighted by Crippen LogP contribution is -2.51. The molecule has 4 atom stereocenters. The molecule has 14 nitrogen and oxygen atoms in total. The van der Waals surface area contributed by atoms with Crippen molar-refractivity contribution in [2.45, 2.75) is 123 Å². The number of rotatable bonds is 7. The van der Waals surface area contributed by atoms with Crippen molar-refractivity contribution in [3.8, 4) is 0 Å². The molecule has 15 heteroatoms. The number of alkyl carbamates (subject to hydrolysis) is 1. The molecule has 47 heavy (non-hydrogen) atoms. The molecule has 1 aromatic rings. The molecule has 2 fully saturated rings. The van der Waals surface area contributed by atoms with E-state index in [-0.39, 0.29) is 36.5 Å². The third kappa shape index (κ3) is 9.89. The summed E-state index contributed by atoms with van der Waals surface area (Å²) in [5, 5.41) is 13.5. The molecule has 0 aromatic heterocycles. The second kappa shape index (κ2) is 13.8. The molecule has 2 heterocycles. The average molecular weight is 679 g/mol. The summed E-state index contributed by atoms with van der Waals surface area (Å²) in [6.45, 7) is 20.8. The van der Waals surface area contributed by atoms with Crippen molar-refractivity contribution in [3.05, 3.63) is 39.9 Å². The topological polar surface area (TPSA) is 167 Å². The minimum Gasteiger partial charge on any atom is -0.445 e. The Morgan fingerprint density at radius 2 is 1.49 bits per heavy atom. The Bertz CT molecular complexity index is 1350. The van der Waals surface area contributed by atoms with E-state index >= 15 is 0 Å². The van der Waals surface area contributed by atoms with Crippen LogP contribution in [0.1, 0.15) is 74.3 Å². The Hall–Kier alpha value is -3.72. The number of nitrogens with zero attached hydrogens (tertiary/aromatic N) is 3. The van der Waals surface area contributed by atoms with Gasteiger partial charge in [0.05, 0.1) is 11.0 Å². The van der Waals surface area contributed by atoms with Crippen LogP contribution in [-0.4, -0.2) is 89.7 Å². The zero-order valence-electron chi connectivity index (χ0n) is 29.4.